The molecule has 0 bridgehead atoms. The van der Waals surface area contributed by atoms with E-state index in [2.05, 4.69) is 27.7 Å². The van der Waals surface area contributed by atoms with Crippen molar-refractivity contribution in [2.45, 2.75) is 162 Å². The smallest absolute Gasteiger partial charge is 0.309 e. The molecule has 0 saturated heterocycles. The number of hydrogen-bond donors (Lipinski definition) is 1. The van der Waals surface area contributed by atoms with Gasteiger partial charge in [0.2, 0.25) is 0 Å². The van der Waals surface area contributed by atoms with Crippen LogP contribution < -0.4 is 0 Å². The van der Waals surface area contributed by atoms with E-state index in [9.17, 15) is 14.7 Å². The molecule has 0 heterocycles. The Balaban J connectivity index is 2.31. The lowest BCUT2D eigenvalue weighted by Crippen LogP contribution is -2.29. The van der Waals surface area contributed by atoms with Gasteiger partial charge in [-0.15, -0.1) is 0 Å². The number of ether oxygens (including phenoxy) is 1. The zero-order chi connectivity index (χ0) is 25.9. The van der Waals surface area contributed by atoms with Crippen molar-refractivity contribution in [1.82, 2.24) is 0 Å². The molecule has 1 aliphatic carbocycles. The van der Waals surface area contributed by atoms with Crippen LogP contribution in [0.5, 0.6) is 0 Å². The van der Waals surface area contributed by atoms with Gasteiger partial charge in [-0.25, -0.2) is 0 Å². The number of aliphatic carboxylic acids is 1. The van der Waals surface area contributed by atoms with Gasteiger partial charge in [-0.2, -0.15) is 0 Å². The topological polar surface area (TPSA) is 63.6 Å². The zero-order valence-corrected chi connectivity index (χ0v) is 23.7. The fourth-order valence-electron chi connectivity index (χ4n) is 5.36. The molecule has 1 N–H and O–H groups in total. The average Bonchev–Trinajstić information content (AvgIpc) is 2.81. The third kappa shape index (κ3) is 17.1. The summed E-state index contributed by atoms with van der Waals surface area (Å²) >= 11 is 0. The van der Waals surface area contributed by atoms with E-state index in [0.717, 1.165) is 37.5 Å². The Morgan fingerprint density at radius 2 is 0.943 bits per heavy atom. The quantitative estimate of drug-likeness (QED) is 0.127. The van der Waals surface area contributed by atoms with E-state index in [1.165, 1.54) is 77.0 Å². The maximum atomic E-state index is 12.8. The second kappa shape index (κ2) is 20.0. The molecule has 4 nitrogen and oxygen atoms in total. The van der Waals surface area contributed by atoms with Crippen molar-refractivity contribution in [2.24, 2.45) is 23.7 Å². The van der Waals surface area contributed by atoms with Crippen LogP contribution in [0.4, 0.5) is 0 Å². The highest BCUT2D eigenvalue weighted by atomic mass is 16.5. The average molecular weight is 495 g/mol. The molecule has 1 saturated carbocycles. The molecule has 4 heteroatoms. The Kier molecular flexibility index (Phi) is 18.3. The summed E-state index contributed by atoms with van der Waals surface area (Å²) < 4.78 is 6.04. The van der Waals surface area contributed by atoms with E-state index in [1.807, 2.05) is 0 Å². The minimum absolute atomic E-state index is 0.0430. The highest BCUT2D eigenvalue weighted by Gasteiger charge is 2.31. The van der Waals surface area contributed by atoms with Gasteiger partial charge < -0.3 is 9.84 Å². The Hall–Kier alpha value is -1.06. The molecule has 1 fully saturated rings. The molecule has 0 aromatic rings. The Labute approximate surface area is 217 Å². The van der Waals surface area contributed by atoms with Gasteiger partial charge in [-0.1, -0.05) is 105 Å². The highest BCUT2D eigenvalue weighted by molar-refractivity contribution is 5.74. The fourth-order valence-corrected chi connectivity index (χ4v) is 5.36. The molecule has 0 radical (unpaired) electrons. The first-order valence-corrected chi connectivity index (χ1v) is 15.2. The third-order valence-electron chi connectivity index (χ3n) is 7.81. The van der Waals surface area contributed by atoms with E-state index in [0.29, 0.717) is 25.7 Å². The van der Waals surface area contributed by atoms with E-state index in [4.69, 9.17) is 4.74 Å². The summed E-state index contributed by atoms with van der Waals surface area (Å²) in [6.07, 6.45) is 22.6. The van der Waals surface area contributed by atoms with Crippen LogP contribution >= 0.6 is 0 Å². The molecule has 1 aliphatic rings. The number of carbonyl (C=O) groups excluding carboxylic acids is 1. The molecule has 206 valence electrons. The minimum Gasteiger partial charge on any atom is -0.481 e. The number of unbranched alkanes of at least 4 members (excludes halogenated alkanes) is 10. The lowest BCUT2D eigenvalue weighted by Gasteiger charge is -2.27. The first kappa shape index (κ1) is 32.0. The number of hydrogen-bond acceptors (Lipinski definition) is 3. The summed E-state index contributed by atoms with van der Waals surface area (Å²) in [5, 5.41) is 9.22. The van der Waals surface area contributed by atoms with Crippen molar-refractivity contribution in [2.75, 3.05) is 0 Å². The summed E-state index contributed by atoms with van der Waals surface area (Å²) in [6, 6.07) is 0. The van der Waals surface area contributed by atoms with Gasteiger partial charge >= 0.3 is 11.9 Å². The van der Waals surface area contributed by atoms with Crippen molar-refractivity contribution in [3.63, 3.8) is 0 Å². The van der Waals surface area contributed by atoms with Crippen LogP contribution in [0.1, 0.15) is 156 Å². The van der Waals surface area contributed by atoms with E-state index >= 15 is 0 Å². The van der Waals surface area contributed by atoms with Crippen molar-refractivity contribution < 1.29 is 19.4 Å². The monoisotopic (exact) mass is 494 g/mol. The van der Waals surface area contributed by atoms with Crippen LogP contribution in [0.3, 0.4) is 0 Å². The third-order valence-corrected chi connectivity index (χ3v) is 7.81. The summed E-state index contributed by atoms with van der Waals surface area (Å²) in [5.41, 5.74) is 0. The number of carboxylic acid groups (broad SMARTS) is 1. The van der Waals surface area contributed by atoms with E-state index in [-0.39, 0.29) is 23.9 Å². The van der Waals surface area contributed by atoms with Crippen molar-refractivity contribution in [3.05, 3.63) is 0 Å². The molecule has 0 spiro atoms. The van der Waals surface area contributed by atoms with Gasteiger partial charge in [-0.3, -0.25) is 9.59 Å². The maximum absolute atomic E-state index is 12.8. The first-order valence-electron chi connectivity index (χ1n) is 15.2. The molecule has 0 aliphatic heterocycles. The van der Waals surface area contributed by atoms with Gasteiger partial charge in [0, 0.05) is 0 Å². The van der Waals surface area contributed by atoms with Gasteiger partial charge in [0.25, 0.3) is 0 Å². The summed E-state index contributed by atoms with van der Waals surface area (Å²) in [6.45, 7) is 9.19. The largest absolute Gasteiger partial charge is 0.481 e. The van der Waals surface area contributed by atoms with Crippen molar-refractivity contribution in [3.8, 4) is 0 Å². The van der Waals surface area contributed by atoms with Crippen LogP contribution in [-0.2, 0) is 14.3 Å². The fraction of sp³-hybridized carbons (Fsp3) is 0.935. The zero-order valence-electron chi connectivity index (χ0n) is 23.7. The summed E-state index contributed by atoms with van der Waals surface area (Å²) in [5.74, 6) is 0.445. The number of carboxylic acids is 1. The highest BCUT2D eigenvalue weighted by Crippen LogP contribution is 2.30. The van der Waals surface area contributed by atoms with Crippen LogP contribution in [0.2, 0.25) is 0 Å². The second-order valence-corrected chi connectivity index (χ2v) is 12.1. The van der Waals surface area contributed by atoms with Crippen LogP contribution in [0, 0.1) is 23.7 Å². The number of rotatable bonds is 21. The molecule has 0 aromatic carbocycles. The van der Waals surface area contributed by atoms with E-state index < -0.39 is 5.97 Å². The van der Waals surface area contributed by atoms with Crippen LogP contribution in [-0.4, -0.2) is 23.1 Å². The summed E-state index contributed by atoms with van der Waals surface area (Å²) in [4.78, 5) is 24.0. The predicted octanol–water partition coefficient (Wildman–Crippen LogP) is 9.34. The molecule has 35 heavy (non-hydrogen) atoms. The normalized spacial score (nSPS) is 19.3. The van der Waals surface area contributed by atoms with Crippen molar-refractivity contribution in [1.29, 1.82) is 0 Å². The van der Waals surface area contributed by atoms with Gasteiger partial charge in [0.15, 0.2) is 0 Å². The first-order chi connectivity index (χ1) is 16.8. The molecule has 1 atom stereocenters. The van der Waals surface area contributed by atoms with Crippen LogP contribution in [0.25, 0.3) is 0 Å². The van der Waals surface area contributed by atoms with Gasteiger partial charge in [0.1, 0.15) is 6.10 Å². The molecular weight excluding hydrogens is 436 g/mol. The Bertz CT molecular complexity index is 534. The molecular formula is C31H58O4. The Morgan fingerprint density at radius 1 is 0.600 bits per heavy atom. The van der Waals surface area contributed by atoms with E-state index in [1.54, 1.807) is 0 Å². The molecule has 0 aromatic heterocycles. The predicted molar refractivity (Wildman–Crippen MR) is 147 cm³/mol. The lowest BCUT2D eigenvalue weighted by atomic mass is 9.82. The summed E-state index contributed by atoms with van der Waals surface area (Å²) in [7, 11) is 0. The standard InChI is InChI=1S/C31H58O4/c1-25(2)17-13-9-6-5-7-11-15-19-29(20-16-12-8-10-14-18-26(3)4)35-31(34)28-23-21-27(22-24-28)30(32)33/h25-29H,5-24H2,1-4H3,(H,32,33). The maximum Gasteiger partial charge on any atom is 0.309 e. The Morgan fingerprint density at radius 3 is 1.31 bits per heavy atom. The van der Waals surface area contributed by atoms with Gasteiger partial charge in [-0.05, 0) is 63.2 Å². The minimum atomic E-state index is -0.719. The van der Waals surface area contributed by atoms with Crippen LogP contribution in [0.15, 0.2) is 0 Å². The number of carbonyl (C=O) groups is 2. The lowest BCUT2D eigenvalue weighted by molar-refractivity contribution is -0.158. The van der Waals surface area contributed by atoms with Crippen molar-refractivity contribution >= 4 is 11.9 Å². The number of esters is 1. The second-order valence-electron chi connectivity index (χ2n) is 12.1. The van der Waals surface area contributed by atoms with Gasteiger partial charge in [0.05, 0.1) is 11.8 Å². The molecule has 0 amide bonds. The molecule has 1 unspecified atom stereocenters. The SMILES string of the molecule is CC(C)CCCCCCCCCC(CCCCCCCC(C)C)OC(=O)C1CCC(C(=O)O)CC1. The molecule has 1 rings (SSSR count).